The van der Waals surface area contributed by atoms with Gasteiger partial charge in [0.1, 0.15) is 5.69 Å². The maximum absolute atomic E-state index is 3.39. The average molecular weight is 313 g/mol. The van der Waals surface area contributed by atoms with Crippen LogP contribution in [0.2, 0.25) is 0 Å². The minimum atomic E-state index is 1.16. The van der Waals surface area contributed by atoms with E-state index in [2.05, 4.69) is 90.5 Å². The quantitative estimate of drug-likeness (QED) is 0.535. The molecule has 0 fully saturated rings. The molecule has 24 heavy (non-hydrogen) atoms. The number of quaternary nitrogens is 1. The van der Waals surface area contributed by atoms with E-state index in [9.17, 15) is 0 Å². The van der Waals surface area contributed by atoms with Gasteiger partial charge in [-0.1, -0.05) is 54.6 Å². The summed E-state index contributed by atoms with van der Waals surface area (Å²) in [6.07, 6.45) is 0. The van der Waals surface area contributed by atoms with Crippen molar-refractivity contribution in [3.8, 4) is 11.1 Å². The molecule has 2 heteroatoms. The van der Waals surface area contributed by atoms with Gasteiger partial charge < -0.3 is 10.6 Å². The summed E-state index contributed by atoms with van der Waals surface area (Å²) in [5.41, 5.74) is 5.01. The standard InChI is InChI=1S/C22H20N2/c1-23-19-13-11-15-7-3-5-9-17(15)21(19)22-18-10-6-4-8-16(18)12-14-20(22)24-2/h3-14,23-24H,1-2H3/p+1. The molecule has 0 aliphatic carbocycles. The Labute approximate surface area is 142 Å². The predicted octanol–water partition coefficient (Wildman–Crippen LogP) is 4.53. The number of anilines is 1. The van der Waals surface area contributed by atoms with E-state index >= 15 is 0 Å². The fourth-order valence-electron chi connectivity index (χ4n) is 3.56. The Bertz CT molecular complexity index is 949. The lowest BCUT2D eigenvalue weighted by Gasteiger charge is -2.17. The van der Waals surface area contributed by atoms with Crippen molar-refractivity contribution in [3.05, 3.63) is 72.8 Å². The van der Waals surface area contributed by atoms with E-state index in [-0.39, 0.29) is 0 Å². The molecule has 0 saturated carbocycles. The highest BCUT2D eigenvalue weighted by Gasteiger charge is 2.17. The van der Waals surface area contributed by atoms with Crippen LogP contribution in [0.1, 0.15) is 0 Å². The number of nitrogens with one attached hydrogen (secondary N) is 1. The van der Waals surface area contributed by atoms with Crippen molar-refractivity contribution in [2.75, 3.05) is 19.4 Å². The molecule has 0 aliphatic rings. The van der Waals surface area contributed by atoms with Crippen molar-refractivity contribution < 1.29 is 5.32 Å². The second-order valence-electron chi connectivity index (χ2n) is 6.00. The van der Waals surface area contributed by atoms with Gasteiger partial charge in [-0.2, -0.15) is 0 Å². The molecule has 0 radical (unpaired) electrons. The van der Waals surface area contributed by atoms with E-state index in [4.69, 9.17) is 0 Å². The molecule has 3 N–H and O–H groups in total. The Hall–Kier alpha value is -2.84. The third-order valence-corrected chi connectivity index (χ3v) is 4.72. The lowest BCUT2D eigenvalue weighted by atomic mass is 9.91. The van der Waals surface area contributed by atoms with Crippen LogP contribution in [0, 0.1) is 0 Å². The van der Waals surface area contributed by atoms with Crippen LogP contribution < -0.4 is 10.6 Å². The fourth-order valence-corrected chi connectivity index (χ4v) is 3.56. The average Bonchev–Trinajstić information content (AvgIpc) is 2.66. The largest absolute Gasteiger partial charge is 0.388 e. The summed E-state index contributed by atoms with van der Waals surface area (Å²) in [6, 6.07) is 26.0. The summed E-state index contributed by atoms with van der Waals surface area (Å²) in [5.74, 6) is 0. The van der Waals surface area contributed by atoms with Gasteiger partial charge in [0.25, 0.3) is 0 Å². The number of hydrogen-bond acceptors (Lipinski definition) is 1. The van der Waals surface area contributed by atoms with Crippen LogP contribution in [-0.4, -0.2) is 14.1 Å². The van der Waals surface area contributed by atoms with Gasteiger partial charge in [-0.3, -0.25) is 0 Å². The van der Waals surface area contributed by atoms with Gasteiger partial charge in [-0.25, -0.2) is 0 Å². The van der Waals surface area contributed by atoms with Crippen molar-refractivity contribution in [1.82, 2.24) is 0 Å². The smallest absolute Gasteiger partial charge is 0.138 e. The molecule has 0 spiro atoms. The molecule has 4 rings (SSSR count). The van der Waals surface area contributed by atoms with Crippen LogP contribution in [0.3, 0.4) is 0 Å². The van der Waals surface area contributed by atoms with Crippen molar-refractivity contribution in [2.24, 2.45) is 0 Å². The number of hydrogen-bond donors (Lipinski definition) is 2. The summed E-state index contributed by atoms with van der Waals surface area (Å²) in [6.45, 7) is 0. The van der Waals surface area contributed by atoms with E-state index in [0.717, 1.165) is 5.69 Å². The van der Waals surface area contributed by atoms with Gasteiger partial charge in [0.15, 0.2) is 0 Å². The Kier molecular flexibility index (Phi) is 3.68. The Morgan fingerprint density at radius 2 is 1.25 bits per heavy atom. The number of benzene rings is 4. The van der Waals surface area contributed by atoms with Crippen LogP contribution in [0.5, 0.6) is 0 Å². The summed E-state index contributed by atoms with van der Waals surface area (Å²) in [5, 5.41) is 10.7. The minimum absolute atomic E-state index is 1.16. The fraction of sp³-hybridized carbons (Fsp3) is 0.0909. The molecule has 0 aromatic heterocycles. The van der Waals surface area contributed by atoms with E-state index in [1.165, 1.54) is 38.4 Å². The van der Waals surface area contributed by atoms with Crippen molar-refractivity contribution in [3.63, 3.8) is 0 Å². The third-order valence-electron chi connectivity index (χ3n) is 4.72. The monoisotopic (exact) mass is 313 g/mol. The van der Waals surface area contributed by atoms with Crippen LogP contribution in [0.25, 0.3) is 32.7 Å². The zero-order chi connectivity index (χ0) is 16.5. The number of fused-ring (bicyclic) bond motifs is 2. The van der Waals surface area contributed by atoms with Crippen LogP contribution in [0.15, 0.2) is 72.8 Å². The van der Waals surface area contributed by atoms with Crippen molar-refractivity contribution >= 4 is 32.9 Å². The van der Waals surface area contributed by atoms with E-state index in [0.29, 0.717) is 0 Å². The molecule has 2 nitrogen and oxygen atoms in total. The second-order valence-corrected chi connectivity index (χ2v) is 6.00. The van der Waals surface area contributed by atoms with E-state index in [1.54, 1.807) is 0 Å². The maximum atomic E-state index is 3.39. The molecule has 0 bridgehead atoms. The topological polar surface area (TPSA) is 28.6 Å². The van der Waals surface area contributed by atoms with Gasteiger partial charge in [-0.15, -0.1) is 0 Å². The Balaban J connectivity index is 2.21. The van der Waals surface area contributed by atoms with Gasteiger partial charge >= 0.3 is 0 Å². The molecular formula is C22H21N2+. The minimum Gasteiger partial charge on any atom is -0.388 e. The SMILES string of the molecule is CNc1ccc2ccccc2c1-c1c([NH2+]C)ccc2ccccc12. The number of nitrogens with two attached hydrogens (primary N) is 1. The molecule has 0 atom stereocenters. The molecular weight excluding hydrogens is 292 g/mol. The number of rotatable bonds is 3. The molecule has 0 unspecified atom stereocenters. The molecule has 4 aromatic carbocycles. The first kappa shape index (κ1) is 14.7. The van der Waals surface area contributed by atoms with Gasteiger partial charge in [-0.05, 0) is 33.7 Å². The Morgan fingerprint density at radius 1 is 0.667 bits per heavy atom. The zero-order valence-electron chi connectivity index (χ0n) is 14.0. The summed E-state index contributed by atoms with van der Waals surface area (Å²) < 4.78 is 0. The summed E-state index contributed by atoms with van der Waals surface area (Å²) in [7, 11) is 4.10. The van der Waals surface area contributed by atoms with Crippen LogP contribution in [0.4, 0.5) is 11.4 Å². The molecule has 118 valence electrons. The molecule has 4 aromatic rings. The van der Waals surface area contributed by atoms with Gasteiger partial charge in [0.2, 0.25) is 0 Å². The normalized spacial score (nSPS) is 11.1. The molecule has 0 aliphatic heterocycles. The highest BCUT2D eigenvalue weighted by atomic mass is 14.8. The highest BCUT2D eigenvalue weighted by molar-refractivity contribution is 6.12. The van der Waals surface area contributed by atoms with Gasteiger partial charge in [0.05, 0.1) is 12.6 Å². The van der Waals surface area contributed by atoms with Crippen molar-refractivity contribution in [2.45, 2.75) is 0 Å². The molecule has 0 saturated heterocycles. The summed E-state index contributed by atoms with van der Waals surface area (Å²) in [4.78, 5) is 0. The molecule has 0 heterocycles. The summed E-state index contributed by atoms with van der Waals surface area (Å²) >= 11 is 0. The first-order chi connectivity index (χ1) is 11.8. The highest BCUT2D eigenvalue weighted by Crippen LogP contribution is 2.41. The van der Waals surface area contributed by atoms with E-state index in [1.807, 2.05) is 7.05 Å². The Morgan fingerprint density at radius 3 is 1.88 bits per heavy atom. The van der Waals surface area contributed by atoms with E-state index < -0.39 is 0 Å². The third kappa shape index (κ3) is 2.24. The van der Waals surface area contributed by atoms with Crippen molar-refractivity contribution in [1.29, 1.82) is 0 Å². The molecule has 0 amide bonds. The predicted molar refractivity (Wildman–Crippen MR) is 104 cm³/mol. The first-order valence-corrected chi connectivity index (χ1v) is 8.34. The van der Waals surface area contributed by atoms with Crippen LogP contribution >= 0.6 is 0 Å². The van der Waals surface area contributed by atoms with Crippen LogP contribution in [-0.2, 0) is 0 Å². The van der Waals surface area contributed by atoms with Gasteiger partial charge in [0, 0.05) is 24.4 Å². The lowest BCUT2D eigenvalue weighted by molar-refractivity contribution is -0.538. The first-order valence-electron chi connectivity index (χ1n) is 8.34. The lowest BCUT2D eigenvalue weighted by Crippen LogP contribution is -2.72. The maximum Gasteiger partial charge on any atom is 0.138 e. The zero-order valence-corrected chi connectivity index (χ0v) is 14.0. The second kappa shape index (κ2) is 5.99.